The lowest BCUT2D eigenvalue weighted by atomic mass is 9.74. The first-order valence-corrected chi connectivity index (χ1v) is 8.96. The first-order chi connectivity index (χ1) is 13.4. The van der Waals surface area contributed by atoms with Gasteiger partial charge in [-0.15, -0.1) is 0 Å². The van der Waals surface area contributed by atoms with Crippen LogP contribution in [0.1, 0.15) is 32.3 Å². The Morgan fingerprint density at radius 3 is 2.34 bits per heavy atom. The molecule has 1 aliphatic rings. The van der Waals surface area contributed by atoms with Gasteiger partial charge in [-0.25, -0.2) is 4.79 Å². The second-order valence-corrected chi connectivity index (χ2v) is 7.85. The summed E-state index contributed by atoms with van der Waals surface area (Å²) < 4.78 is 0.959. The van der Waals surface area contributed by atoms with Gasteiger partial charge in [-0.2, -0.15) is 0 Å². The van der Waals surface area contributed by atoms with Gasteiger partial charge in [0.05, 0.1) is 5.57 Å². The summed E-state index contributed by atoms with van der Waals surface area (Å²) in [5, 5.41) is 9.08. The van der Waals surface area contributed by atoms with Crippen LogP contribution in [-0.2, 0) is 25.7 Å². The number of aromatic nitrogens is 2. The first-order valence-electron chi connectivity index (χ1n) is 8.96. The molecule has 0 aliphatic heterocycles. The predicted molar refractivity (Wildman–Crippen MR) is 101 cm³/mol. The third kappa shape index (κ3) is 5.59. The number of carbonyl (C=O) groups is 4. The average Bonchev–Trinajstić information content (AvgIpc) is 2.56. The highest BCUT2D eigenvalue weighted by Crippen LogP contribution is 2.33. The van der Waals surface area contributed by atoms with E-state index in [1.165, 1.54) is 19.2 Å². The summed E-state index contributed by atoms with van der Waals surface area (Å²) in [6, 6.07) is 0. The number of hydrogen-bond acceptors (Lipinski definition) is 6. The number of carboxylic acid groups (broad SMARTS) is 1. The molecule has 156 valence electrons. The zero-order chi connectivity index (χ0) is 21.9. The molecule has 1 amide bonds. The highest BCUT2D eigenvalue weighted by Gasteiger charge is 2.35. The minimum atomic E-state index is -1.29. The van der Waals surface area contributed by atoms with Crippen LogP contribution in [0, 0.1) is 12.3 Å². The molecule has 0 radical (unpaired) electrons. The maximum Gasteiger partial charge on any atom is 0.328 e. The van der Waals surface area contributed by atoms with Crippen LogP contribution in [0.3, 0.4) is 0 Å². The van der Waals surface area contributed by atoms with Crippen LogP contribution in [0.25, 0.3) is 0 Å². The third-order valence-corrected chi connectivity index (χ3v) is 4.57. The number of H-pyrrole nitrogens is 1. The summed E-state index contributed by atoms with van der Waals surface area (Å²) in [6.45, 7) is 3.64. The van der Waals surface area contributed by atoms with Crippen molar-refractivity contribution in [1.29, 1.82) is 0 Å². The number of carboxylic acids is 1. The summed E-state index contributed by atoms with van der Waals surface area (Å²) >= 11 is 0. The molecule has 2 N–H and O–H groups in total. The van der Waals surface area contributed by atoms with Crippen LogP contribution in [0.2, 0.25) is 0 Å². The molecule has 0 saturated heterocycles. The number of hydrogen-bond donors (Lipinski definition) is 2. The highest BCUT2D eigenvalue weighted by atomic mass is 16.4. The van der Waals surface area contributed by atoms with Crippen molar-refractivity contribution in [2.45, 2.75) is 40.2 Å². The molecule has 1 aromatic heterocycles. The molecule has 1 aromatic rings. The Hall–Kier alpha value is -3.30. The lowest BCUT2D eigenvalue weighted by molar-refractivity contribution is -0.144. The normalized spacial score (nSPS) is 15.9. The summed E-state index contributed by atoms with van der Waals surface area (Å²) in [6.07, 6.45) is 2.83. The van der Waals surface area contributed by atoms with Crippen molar-refractivity contribution < 1.29 is 24.3 Å². The van der Waals surface area contributed by atoms with Gasteiger partial charge in [0.25, 0.3) is 5.56 Å². The van der Waals surface area contributed by atoms with E-state index in [4.69, 9.17) is 5.11 Å². The summed E-state index contributed by atoms with van der Waals surface area (Å²) in [5.41, 5.74) is -1.65. The average molecular weight is 405 g/mol. The van der Waals surface area contributed by atoms with Gasteiger partial charge in [-0.3, -0.25) is 33.5 Å². The number of rotatable bonds is 6. The number of amides is 1. The van der Waals surface area contributed by atoms with E-state index in [2.05, 4.69) is 4.98 Å². The van der Waals surface area contributed by atoms with E-state index in [-0.39, 0.29) is 42.1 Å². The molecule has 0 atom stereocenters. The van der Waals surface area contributed by atoms with Crippen molar-refractivity contribution in [2.75, 3.05) is 13.1 Å². The number of aryl methyl sites for hydroxylation is 1. The smallest absolute Gasteiger partial charge is 0.328 e. The second-order valence-electron chi connectivity index (χ2n) is 7.85. The van der Waals surface area contributed by atoms with E-state index in [9.17, 15) is 28.8 Å². The van der Waals surface area contributed by atoms with Crippen LogP contribution < -0.4 is 11.2 Å². The van der Waals surface area contributed by atoms with E-state index in [1.54, 1.807) is 0 Å². The number of nitrogens with one attached hydrogen (secondary N) is 1. The Morgan fingerprint density at radius 2 is 1.79 bits per heavy atom. The summed E-state index contributed by atoms with van der Waals surface area (Å²) in [4.78, 5) is 74.4. The Morgan fingerprint density at radius 1 is 1.21 bits per heavy atom. The number of aromatic amines is 1. The fourth-order valence-corrected chi connectivity index (χ4v) is 3.11. The Labute approximate surface area is 165 Å². The van der Waals surface area contributed by atoms with E-state index in [0.29, 0.717) is 0 Å². The van der Waals surface area contributed by atoms with E-state index in [1.807, 2.05) is 13.8 Å². The van der Waals surface area contributed by atoms with Gasteiger partial charge in [-0.1, -0.05) is 19.9 Å². The van der Waals surface area contributed by atoms with Gasteiger partial charge in [0.1, 0.15) is 13.1 Å². The van der Waals surface area contributed by atoms with Gasteiger partial charge in [0, 0.05) is 31.1 Å². The maximum atomic E-state index is 12.5. The summed E-state index contributed by atoms with van der Waals surface area (Å²) in [7, 11) is 0. The molecule has 0 bridgehead atoms. The molecule has 1 saturated carbocycles. The number of Topliss-reactive ketones (excluding diaryl/α,β-unsaturated/α-hetero) is 2. The fraction of sp³-hybridized carbons (Fsp3) is 0.474. The van der Waals surface area contributed by atoms with Crippen LogP contribution in [-0.4, -0.2) is 56.1 Å². The van der Waals surface area contributed by atoms with Gasteiger partial charge < -0.3 is 10.0 Å². The molecule has 10 heteroatoms. The van der Waals surface area contributed by atoms with Crippen molar-refractivity contribution in [3.63, 3.8) is 0 Å². The monoisotopic (exact) mass is 405 g/mol. The topological polar surface area (TPSA) is 147 Å². The van der Waals surface area contributed by atoms with Crippen molar-refractivity contribution in [1.82, 2.24) is 14.5 Å². The maximum absolute atomic E-state index is 12.5. The van der Waals surface area contributed by atoms with Crippen LogP contribution in [0.4, 0.5) is 0 Å². The minimum absolute atomic E-state index is 0.0374. The second kappa shape index (κ2) is 8.38. The van der Waals surface area contributed by atoms with Crippen LogP contribution in [0.15, 0.2) is 27.4 Å². The zero-order valence-corrected chi connectivity index (χ0v) is 16.5. The largest absolute Gasteiger partial charge is 0.480 e. The molecule has 2 rings (SSSR count). The highest BCUT2D eigenvalue weighted by molar-refractivity contribution is 6.22. The molecule has 1 aliphatic carbocycles. The number of aliphatic carboxylic acids is 1. The molecule has 1 heterocycles. The van der Waals surface area contributed by atoms with E-state index < -0.39 is 41.6 Å². The van der Waals surface area contributed by atoms with Crippen molar-refractivity contribution in [2.24, 2.45) is 5.41 Å². The molecule has 10 nitrogen and oxygen atoms in total. The van der Waals surface area contributed by atoms with Crippen molar-refractivity contribution in [3.8, 4) is 0 Å². The van der Waals surface area contributed by atoms with Gasteiger partial charge in [-0.05, 0) is 12.3 Å². The third-order valence-electron chi connectivity index (χ3n) is 4.57. The SMILES string of the molecule is Cc1cn(CC(=O)N(CC=C2C(=O)CC(C)(C)CC2=O)CC(=O)O)c(=O)[nH]c1=O. The fourth-order valence-electron chi connectivity index (χ4n) is 3.11. The molecule has 0 aromatic carbocycles. The zero-order valence-electron chi connectivity index (χ0n) is 16.5. The van der Waals surface area contributed by atoms with Gasteiger partial charge in [0.15, 0.2) is 11.6 Å². The number of allylic oxidation sites excluding steroid dienone is 1. The molecular weight excluding hydrogens is 382 g/mol. The van der Waals surface area contributed by atoms with E-state index in [0.717, 1.165) is 9.47 Å². The molecule has 29 heavy (non-hydrogen) atoms. The Kier molecular flexibility index (Phi) is 6.35. The Bertz CT molecular complexity index is 991. The molecule has 0 spiro atoms. The van der Waals surface area contributed by atoms with Crippen LogP contribution in [0.5, 0.6) is 0 Å². The lowest BCUT2D eigenvalue weighted by Crippen LogP contribution is -2.41. The number of carbonyl (C=O) groups excluding carboxylic acids is 3. The first kappa shape index (κ1) is 22.0. The van der Waals surface area contributed by atoms with Gasteiger partial charge in [0.2, 0.25) is 5.91 Å². The molecule has 0 unspecified atom stereocenters. The predicted octanol–water partition coefficient (Wildman–Crippen LogP) is -0.357. The lowest BCUT2D eigenvalue weighted by Gasteiger charge is -2.29. The van der Waals surface area contributed by atoms with E-state index >= 15 is 0 Å². The number of ketones is 2. The van der Waals surface area contributed by atoms with Crippen molar-refractivity contribution in [3.05, 3.63) is 44.2 Å². The van der Waals surface area contributed by atoms with Crippen LogP contribution >= 0.6 is 0 Å². The number of nitrogens with zero attached hydrogens (tertiary/aromatic N) is 2. The quantitative estimate of drug-likeness (QED) is 0.485. The van der Waals surface area contributed by atoms with Gasteiger partial charge >= 0.3 is 11.7 Å². The Balaban J connectivity index is 2.22. The standard InChI is InChI=1S/C19H23N3O7/c1-11-8-22(18(29)20-17(11)28)9-15(25)21(10-16(26)27)5-4-12-13(23)6-19(2,3)7-14(12)24/h4,8H,5-7,9-10H2,1-3H3,(H,26,27)(H,20,28,29). The molecule has 1 fully saturated rings. The summed E-state index contributed by atoms with van der Waals surface area (Å²) in [5.74, 6) is -2.69. The molecular formula is C19H23N3O7. The minimum Gasteiger partial charge on any atom is -0.480 e. The van der Waals surface area contributed by atoms with Crippen molar-refractivity contribution >= 4 is 23.4 Å².